The van der Waals surface area contributed by atoms with Crippen LogP contribution >= 0.6 is 0 Å². The fraction of sp³-hybridized carbons (Fsp3) is 0.667. The maximum absolute atomic E-state index is 11.2. The highest BCUT2D eigenvalue weighted by molar-refractivity contribution is 5.59. The molecule has 6 nitrogen and oxygen atoms in total. The molecule has 21 heavy (non-hydrogen) atoms. The second-order valence-corrected chi connectivity index (χ2v) is 5.70. The van der Waals surface area contributed by atoms with Crippen molar-refractivity contribution in [3.63, 3.8) is 0 Å². The largest absolute Gasteiger partial charge is 0.351 e. The van der Waals surface area contributed by atoms with E-state index in [4.69, 9.17) is 0 Å². The van der Waals surface area contributed by atoms with Crippen LogP contribution in [0.5, 0.6) is 0 Å². The van der Waals surface area contributed by atoms with Crippen LogP contribution in [0, 0.1) is 23.0 Å². The molecule has 0 amide bonds. The van der Waals surface area contributed by atoms with Crippen molar-refractivity contribution in [1.29, 1.82) is 0 Å². The van der Waals surface area contributed by atoms with Gasteiger partial charge in [-0.25, -0.2) is 4.98 Å². The summed E-state index contributed by atoms with van der Waals surface area (Å²) in [4.78, 5) is 19.7. The summed E-state index contributed by atoms with van der Waals surface area (Å²) in [5.41, 5.74) is 0.947. The minimum absolute atomic E-state index is 0.124. The van der Waals surface area contributed by atoms with E-state index in [1.54, 1.807) is 12.3 Å². The lowest BCUT2D eigenvalue weighted by Gasteiger charge is -2.23. The lowest BCUT2D eigenvalue weighted by atomic mass is 10.1. The van der Waals surface area contributed by atoms with Gasteiger partial charge < -0.3 is 9.80 Å². The van der Waals surface area contributed by atoms with Crippen LogP contribution in [0.25, 0.3) is 0 Å². The van der Waals surface area contributed by atoms with Crippen molar-refractivity contribution >= 4 is 11.5 Å². The van der Waals surface area contributed by atoms with Crippen LogP contribution in [0.4, 0.5) is 11.5 Å². The van der Waals surface area contributed by atoms with Crippen molar-refractivity contribution < 1.29 is 4.92 Å². The SMILES string of the molecule is CCN(CC)C[C@H]1CCN(c2ncc(C)cc2[N+](=O)[O-])C1. The molecule has 1 aromatic heterocycles. The van der Waals surface area contributed by atoms with Gasteiger partial charge in [0.2, 0.25) is 5.82 Å². The zero-order chi connectivity index (χ0) is 15.4. The van der Waals surface area contributed by atoms with Crippen LogP contribution < -0.4 is 4.90 Å². The summed E-state index contributed by atoms with van der Waals surface area (Å²) in [7, 11) is 0. The molecule has 0 aliphatic carbocycles. The van der Waals surface area contributed by atoms with Crippen molar-refractivity contribution in [1.82, 2.24) is 9.88 Å². The Balaban J connectivity index is 2.09. The van der Waals surface area contributed by atoms with Crippen LogP contribution in [-0.4, -0.2) is 47.5 Å². The third kappa shape index (κ3) is 3.69. The normalized spacial score (nSPS) is 18.5. The second kappa shape index (κ2) is 6.85. The van der Waals surface area contributed by atoms with Gasteiger partial charge in [0.25, 0.3) is 0 Å². The van der Waals surface area contributed by atoms with E-state index in [1.165, 1.54) is 0 Å². The molecule has 0 unspecified atom stereocenters. The lowest BCUT2D eigenvalue weighted by molar-refractivity contribution is -0.384. The number of hydrogen-bond acceptors (Lipinski definition) is 5. The predicted octanol–water partition coefficient (Wildman–Crippen LogP) is 2.47. The fourth-order valence-corrected chi connectivity index (χ4v) is 2.95. The molecule has 0 aromatic carbocycles. The number of aryl methyl sites for hydroxylation is 1. The maximum atomic E-state index is 11.2. The molecule has 0 N–H and O–H groups in total. The van der Waals surface area contributed by atoms with E-state index in [2.05, 4.69) is 28.6 Å². The number of aromatic nitrogens is 1. The van der Waals surface area contributed by atoms with Gasteiger partial charge in [-0.2, -0.15) is 0 Å². The Morgan fingerprint density at radius 3 is 2.81 bits per heavy atom. The molecule has 0 radical (unpaired) electrons. The van der Waals surface area contributed by atoms with E-state index >= 15 is 0 Å². The number of rotatable bonds is 6. The third-order valence-corrected chi connectivity index (χ3v) is 4.18. The molecule has 1 fully saturated rings. The monoisotopic (exact) mass is 292 g/mol. The lowest BCUT2D eigenvalue weighted by Crippen LogP contribution is -2.31. The molecule has 116 valence electrons. The summed E-state index contributed by atoms with van der Waals surface area (Å²) >= 11 is 0. The first-order valence-electron chi connectivity index (χ1n) is 7.63. The van der Waals surface area contributed by atoms with Crippen LogP contribution in [0.3, 0.4) is 0 Å². The third-order valence-electron chi connectivity index (χ3n) is 4.18. The Kier molecular flexibility index (Phi) is 5.12. The molecule has 0 spiro atoms. The van der Waals surface area contributed by atoms with Crippen molar-refractivity contribution in [2.24, 2.45) is 5.92 Å². The highest BCUT2D eigenvalue weighted by Crippen LogP contribution is 2.30. The molecule has 0 saturated carbocycles. The Labute approximate surface area is 125 Å². The number of nitro groups is 1. The topological polar surface area (TPSA) is 62.5 Å². The number of hydrogen-bond donors (Lipinski definition) is 0. The zero-order valence-corrected chi connectivity index (χ0v) is 13.1. The molecule has 1 aromatic rings. The average molecular weight is 292 g/mol. The number of pyridine rings is 1. The highest BCUT2D eigenvalue weighted by Gasteiger charge is 2.29. The quantitative estimate of drug-likeness (QED) is 0.595. The van der Waals surface area contributed by atoms with Gasteiger partial charge in [-0.1, -0.05) is 13.8 Å². The minimum atomic E-state index is -0.326. The van der Waals surface area contributed by atoms with E-state index in [9.17, 15) is 10.1 Å². The maximum Gasteiger partial charge on any atom is 0.311 e. The van der Waals surface area contributed by atoms with E-state index in [0.717, 1.165) is 44.7 Å². The molecule has 0 bridgehead atoms. The molecule has 1 saturated heterocycles. The summed E-state index contributed by atoms with van der Waals surface area (Å²) in [5, 5.41) is 11.2. The zero-order valence-electron chi connectivity index (χ0n) is 13.1. The van der Waals surface area contributed by atoms with Gasteiger partial charge in [0.05, 0.1) is 4.92 Å². The summed E-state index contributed by atoms with van der Waals surface area (Å²) in [6.45, 7) is 11.0. The van der Waals surface area contributed by atoms with Gasteiger partial charge in [0, 0.05) is 31.9 Å². The molecule has 6 heteroatoms. The molecular formula is C15H24N4O2. The van der Waals surface area contributed by atoms with Gasteiger partial charge in [-0.05, 0) is 37.9 Å². The summed E-state index contributed by atoms with van der Waals surface area (Å²) in [6, 6.07) is 1.61. The Bertz CT molecular complexity index is 502. The smallest absolute Gasteiger partial charge is 0.311 e. The molecule has 1 atom stereocenters. The van der Waals surface area contributed by atoms with Crippen molar-refractivity contribution in [3.8, 4) is 0 Å². The summed E-state index contributed by atoms with van der Waals surface area (Å²) in [6.07, 6.45) is 2.78. The van der Waals surface area contributed by atoms with Crippen LogP contribution in [0.2, 0.25) is 0 Å². The first-order valence-corrected chi connectivity index (χ1v) is 7.63. The molecular weight excluding hydrogens is 268 g/mol. The average Bonchev–Trinajstić information content (AvgIpc) is 2.93. The van der Waals surface area contributed by atoms with Gasteiger partial charge in [0.1, 0.15) is 0 Å². The van der Waals surface area contributed by atoms with Gasteiger partial charge >= 0.3 is 5.69 Å². The first kappa shape index (κ1) is 15.7. The molecule has 2 heterocycles. The van der Waals surface area contributed by atoms with E-state index < -0.39 is 0 Å². The van der Waals surface area contributed by atoms with Gasteiger partial charge in [-0.15, -0.1) is 0 Å². The van der Waals surface area contributed by atoms with Crippen LogP contribution in [-0.2, 0) is 0 Å². The van der Waals surface area contributed by atoms with Crippen molar-refractivity contribution in [2.45, 2.75) is 27.2 Å². The van der Waals surface area contributed by atoms with Crippen molar-refractivity contribution in [2.75, 3.05) is 37.6 Å². The minimum Gasteiger partial charge on any atom is -0.351 e. The van der Waals surface area contributed by atoms with E-state index in [1.807, 2.05) is 6.92 Å². The molecule has 1 aliphatic heterocycles. The Hall–Kier alpha value is -1.69. The van der Waals surface area contributed by atoms with E-state index in [0.29, 0.717) is 11.7 Å². The fourth-order valence-electron chi connectivity index (χ4n) is 2.95. The summed E-state index contributed by atoms with van der Waals surface area (Å²) in [5.74, 6) is 1.08. The highest BCUT2D eigenvalue weighted by atomic mass is 16.6. The standard InChI is InChI=1S/C15H24N4O2/c1-4-17(5-2)10-13-6-7-18(11-13)15-14(19(20)21)8-12(3)9-16-15/h8-9,13H,4-7,10-11H2,1-3H3/t13-/m1/s1. The van der Waals surface area contributed by atoms with E-state index in [-0.39, 0.29) is 10.6 Å². The Morgan fingerprint density at radius 2 is 2.19 bits per heavy atom. The summed E-state index contributed by atoms with van der Waals surface area (Å²) < 4.78 is 0. The van der Waals surface area contributed by atoms with Crippen LogP contribution in [0.1, 0.15) is 25.8 Å². The number of nitrogens with zero attached hydrogens (tertiary/aromatic N) is 4. The number of anilines is 1. The Morgan fingerprint density at radius 1 is 1.48 bits per heavy atom. The second-order valence-electron chi connectivity index (χ2n) is 5.70. The predicted molar refractivity (Wildman–Crippen MR) is 83.7 cm³/mol. The van der Waals surface area contributed by atoms with Gasteiger partial charge in [0.15, 0.2) is 0 Å². The van der Waals surface area contributed by atoms with Gasteiger partial charge in [-0.3, -0.25) is 10.1 Å². The van der Waals surface area contributed by atoms with Crippen LogP contribution in [0.15, 0.2) is 12.3 Å². The molecule has 1 aliphatic rings. The molecule has 2 rings (SSSR count). The van der Waals surface area contributed by atoms with Crippen molar-refractivity contribution in [3.05, 3.63) is 27.9 Å². The first-order chi connectivity index (χ1) is 10.0.